The zero-order valence-electron chi connectivity index (χ0n) is 25.1. The Bertz CT molecular complexity index is 2070. The fourth-order valence-corrected chi connectivity index (χ4v) is 7.71. The van der Waals surface area contributed by atoms with Crippen LogP contribution in [-0.2, 0) is 5.41 Å². The summed E-state index contributed by atoms with van der Waals surface area (Å²) in [5.41, 5.74) is 12.6. The third kappa shape index (κ3) is 3.82. The molecule has 0 unspecified atom stereocenters. The van der Waals surface area contributed by atoms with Gasteiger partial charge in [-0.1, -0.05) is 103 Å². The maximum Gasteiger partial charge on any atom is 0.420 e. The normalized spacial score (nSPS) is 14.1. The molecule has 0 atom stereocenters. The summed E-state index contributed by atoms with van der Waals surface area (Å²) in [6.45, 7) is -0.105. The lowest BCUT2D eigenvalue weighted by atomic mass is 9.63. The summed E-state index contributed by atoms with van der Waals surface area (Å²) >= 11 is 0. The van der Waals surface area contributed by atoms with Crippen molar-refractivity contribution in [3.63, 3.8) is 0 Å². The first-order valence-electron chi connectivity index (χ1n) is 15.7. The van der Waals surface area contributed by atoms with Gasteiger partial charge in [0.2, 0.25) is 0 Å². The predicted octanol–water partition coefficient (Wildman–Crippen LogP) is 8.52. The Balaban J connectivity index is 1.32. The molecule has 1 aliphatic carbocycles. The van der Waals surface area contributed by atoms with E-state index in [0.717, 1.165) is 22.5 Å². The van der Waals surface area contributed by atoms with Crippen LogP contribution in [0.25, 0.3) is 11.1 Å². The van der Waals surface area contributed by atoms with E-state index >= 15 is 0 Å². The molecule has 2 aromatic heterocycles. The van der Waals surface area contributed by atoms with Gasteiger partial charge in [0, 0.05) is 36.2 Å². The number of pyridine rings is 2. The number of para-hydroxylation sites is 4. The molecule has 216 valence electrons. The van der Waals surface area contributed by atoms with Crippen molar-refractivity contribution >= 4 is 35.2 Å². The highest BCUT2D eigenvalue weighted by molar-refractivity contribution is 6.84. The van der Waals surface area contributed by atoms with Gasteiger partial charge in [0.25, 0.3) is 0 Å². The molecule has 46 heavy (non-hydrogen) atoms. The molecule has 0 saturated carbocycles. The molecule has 0 spiro atoms. The van der Waals surface area contributed by atoms with Gasteiger partial charge in [-0.25, -0.2) is 0 Å². The molecular weight excluding hydrogens is 559 g/mol. The number of nitrogens with zero attached hydrogens (tertiary/aromatic N) is 4. The average molecular weight is 589 g/mol. The molecule has 3 heterocycles. The summed E-state index contributed by atoms with van der Waals surface area (Å²) in [6, 6.07) is 54.6. The standard InChI is InChI=1S/C41H29BN4/c1-3-15-33(16-4-1)45-39-21-9-10-22-40(39)46(34-17-5-2-6-18-34)42(45)32-23-24-38-36(27-32)35-19-7-8-20-37(35)41(38,30-13-11-25-43-28-30)31-14-12-26-44-29-31/h1-29H. The molecule has 0 saturated heterocycles. The van der Waals surface area contributed by atoms with E-state index in [1.807, 2.05) is 36.9 Å². The fourth-order valence-electron chi connectivity index (χ4n) is 7.71. The van der Waals surface area contributed by atoms with E-state index in [1.54, 1.807) is 0 Å². The van der Waals surface area contributed by atoms with Gasteiger partial charge in [-0.15, -0.1) is 0 Å². The van der Waals surface area contributed by atoms with Crippen LogP contribution in [0, 0.1) is 0 Å². The number of hydrogen-bond acceptors (Lipinski definition) is 4. The van der Waals surface area contributed by atoms with E-state index in [4.69, 9.17) is 0 Å². The molecule has 5 aromatic carbocycles. The summed E-state index contributed by atoms with van der Waals surface area (Å²) in [5, 5.41) is 0. The van der Waals surface area contributed by atoms with Crippen molar-refractivity contribution in [2.24, 2.45) is 0 Å². The van der Waals surface area contributed by atoms with E-state index in [1.165, 1.54) is 39.1 Å². The van der Waals surface area contributed by atoms with Crippen molar-refractivity contribution in [2.75, 3.05) is 9.62 Å². The minimum Gasteiger partial charge on any atom is -0.360 e. The van der Waals surface area contributed by atoms with Gasteiger partial charge in [-0.3, -0.25) is 9.97 Å². The van der Waals surface area contributed by atoms with Gasteiger partial charge < -0.3 is 9.62 Å². The lowest BCUT2D eigenvalue weighted by Crippen LogP contribution is -2.53. The molecule has 2 aliphatic rings. The molecule has 5 heteroatoms. The topological polar surface area (TPSA) is 32.3 Å². The van der Waals surface area contributed by atoms with E-state index < -0.39 is 5.41 Å². The van der Waals surface area contributed by atoms with Crippen LogP contribution >= 0.6 is 0 Å². The zero-order chi connectivity index (χ0) is 30.5. The third-order valence-electron chi connectivity index (χ3n) is 9.51. The number of benzene rings is 5. The maximum absolute atomic E-state index is 4.60. The molecule has 0 bridgehead atoms. The second kappa shape index (κ2) is 10.6. The second-order valence-corrected chi connectivity index (χ2v) is 11.9. The highest BCUT2D eigenvalue weighted by atomic mass is 15.3. The van der Waals surface area contributed by atoms with Crippen LogP contribution < -0.4 is 15.1 Å². The van der Waals surface area contributed by atoms with E-state index in [2.05, 4.69) is 159 Å². The summed E-state index contributed by atoms with van der Waals surface area (Å²) in [4.78, 5) is 14.2. The number of aromatic nitrogens is 2. The van der Waals surface area contributed by atoms with Crippen LogP contribution in [0.15, 0.2) is 176 Å². The molecule has 0 amide bonds. The third-order valence-corrected chi connectivity index (χ3v) is 9.51. The molecule has 7 aromatic rings. The van der Waals surface area contributed by atoms with Gasteiger partial charge >= 0.3 is 6.98 Å². The van der Waals surface area contributed by atoms with Crippen LogP contribution in [0.2, 0.25) is 0 Å². The number of rotatable bonds is 5. The van der Waals surface area contributed by atoms with Crippen molar-refractivity contribution in [1.82, 2.24) is 9.97 Å². The second-order valence-electron chi connectivity index (χ2n) is 11.9. The number of anilines is 4. The van der Waals surface area contributed by atoms with Gasteiger partial charge in [-0.2, -0.15) is 0 Å². The molecule has 1 aliphatic heterocycles. The van der Waals surface area contributed by atoms with Gasteiger partial charge in [0.15, 0.2) is 0 Å². The van der Waals surface area contributed by atoms with E-state index in [9.17, 15) is 0 Å². The van der Waals surface area contributed by atoms with Crippen LogP contribution in [0.1, 0.15) is 22.3 Å². The van der Waals surface area contributed by atoms with Crippen molar-refractivity contribution in [3.05, 3.63) is 199 Å². The molecule has 4 nitrogen and oxygen atoms in total. The molecule has 0 fully saturated rings. The Morgan fingerprint density at radius 3 is 1.54 bits per heavy atom. The smallest absolute Gasteiger partial charge is 0.360 e. The first kappa shape index (κ1) is 26.5. The summed E-state index contributed by atoms with van der Waals surface area (Å²) in [6.07, 6.45) is 7.71. The monoisotopic (exact) mass is 588 g/mol. The highest BCUT2D eigenvalue weighted by Crippen LogP contribution is 2.56. The lowest BCUT2D eigenvalue weighted by Gasteiger charge is -2.33. The largest absolute Gasteiger partial charge is 0.420 e. The predicted molar refractivity (Wildman–Crippen MR) is 188 cm³/mol. The van der Waals surface area contributed by atoms with Crippen LogP contribution in [0.4, 0.5) is 22.7 Å². The molecule has 0 N–H and O–H groups in total. The van der Waals surface area contributed by atoms with Crippen molar-refractivity contribution < 1.29 is 0 Å². The van der Waals surface area contributed by atoms with Crippen LogP contribution in [0.5, 0.6) is 0 Å². The highest BCUT2D eigenvalue weighted by Gasteiger charge is 2.48. The summed E-state index contributed by atoms with van der Waals surface area (Å²) in [7, 11) is 0. The zero-order valence-corrected chi connectivity index (χ0v) is 25.1. The number of hydrogen-bond donors (Lipinski definition) is 0. The van der Waals surface area contributed by atoms with Crippen molar-refractivity contribution in [2.45, 2.75) is 5.41 Å². The molecule has 9 rings (SSSR count). The fraction of sp³-hybridized carbons (Fsp3) is 0.0244. The van der Waals surface area contributed by atoms with E-state index in [-0.39, 0.29) is 6.98 Å². The van der Waals surface area contributed by atoms with Crippen LogP contribution in [0.3, 0.4) is 0 Å². The van der Waals surface area contributed by atoms with Gasteiger partial charge in [-0.05, 0) is 87.4 Å². The summed E-state index contributed by atoms with van der Waals surface area (Å²) < 4.78 is 0. The van der Waals surface area contributed by atoms with Crippen molar-refractivity contribution in [3.8, 4) is 11.1 Å². The first-order chi connectivity index (χ1) is 22.9. The maximum atomic E-state index is 4.60. The first-order valence-corrected chi connectivity index (χ1v) is 15.7. The summed E-state index contributed by atoms with van der Waals surface area (Å²) in [5.74, 6) is 0. The average Bonchev–Trinajstić information content (AvgIpc) is 3.64. The Labute approximate surface area is 269 Å². The van der Waals surface area contributed by atoms with Crippen LogP contribution in [-0.4, -0.2) is 17.0 Å². The molecular formula is C41H29BN4. The van der Waals surface area contributed by atoms with Crippen molar-refractivity contribution in [1.29, 1.82) is 0 Å². The Morgan fingerprint density at radius 1 is 0.457 bits per heavy atom. The Morgan fingerprint density at radius 2 is 0.978 bits per heavy atom. The minimum atomic E-state index is -0.538. The quantitative estimate of drug-likeness (QED) is 0.189. The van der Waals surface area contributed by atoms with Gasteiger partial charge in [0.05, 0.1) is 16.8 Å². The molecule has 0 radical (unpaired) electrons. The van der Waals surface area contributed by atoms with E-state index in [0.29, 0.717) is 0 Å². The Hall–Kier alpha value is -5.94. The number of fused-ring (bicyclic) bond motifs is 4. The lowest BCUT2D eigenvalue weighted by molar-refractivity contribution is 0.757. The Kier molecular flexibility index (Phi) is 6.10. The van der Waals surface area contributed by atoms with Gasteiger partial charge in [0.1, 0.15) is 0 Å². The SMILES string of the molecule is c1ccc(N2B(c3ccc4c(c3)-c3ccccc3C4(c3cccnc3)c3cccnc3)N(c3ccccc3)c3ccccc32)cc1. The minimum absolute atomic E-state index is 0.105.